The van der Waals surface area contributed by atoms with Crippen molar-refractivity contribution in [2.45, 2.75) is 81.2 Å². The molecule has 5 saturated carbocycles. The molecule has 6 fully saturated rings. The first-order chi connectivity index (χ1) is 22.1. The number of aliphatic hydroxyl groups is 1. The van der Waals surface area contributed by atoms with Crippen molar-refractivity contribution >= 4 is 11.9 Å². The molecule has 7 rings (SSSR count). The Morgan fingerprint density at radius 2 is 1.70 bits per heavy atom. The SMILES string of the molecule is CCN1C[C@]2(COC)CC[C@H](OC)[C@@]34C5C[C@@]6(O)C(OC(=O)c7ccc(OC)cc7)C5[C@](OC(C)=O)(C[C@@H]6OC)C(C(OC)C23)C14. The highest BCUT2D eigenvalue weighted by molar-refractivity contribution is 5.89. The third kappa shape index (κ3) is 3.87. The van der Waals surface area contributed by atoms with Crippen LogP contribution < -0.4 is 4.74 Å². The Hall–Kier alpha value is -2.28. The van der Waals surface area contributed by atoms with Crippen molar-refractivity contribution in [2.24, 2.45) is 34.5 Å². The van der Waals surface area contributed by atoms with Crippen LogP contribution in [0.1, 0.15) is 49.9 Å². The fraction of sp³-hybridized carbons (Fsp3) is 0.771. The number of hydrogen-bond donors (Lipinski definition) is 1. The van der Waals surface area contributed by atoms with Crippen LogP contribution in [0.3, 0.4) is 0 Å². The molecule has 7 bridgehead atoms. The van der Waals surface area contributed by atoms with Crippen molar-refractivity contribution in [3.8, 4) is 5.75 Å². The zero-order valence-electron chi connectivity index (χ0n) is 28.0. The monoisotopic (exact) mass is 643 g/mol. The first-order valence-corrected chi connectivity index (χ1v) is 16.6. The van der Waals surface area contributed by atoms with Gasteiger partial charge in [0.05, 0.1) is 37.6 Å². The van der Waals surface area contributed by atoms with Crippen LogP contribution in [0, 0.1) is 34.5 Å². The maximum atomic E-state index is 13.9. The maximum Gasteiger partial charge on any atom is 0.338 e. The topological polar surface area (TPSA) is 122 Å². The summed E-state index contributed by atoms with van der Waals surface area (Å²) in [4.78, 5) is 29.7. The molecular formula is C35H49NO10. The number of fused-ring (bicyclic) bond motifs is 2. The summed E-state index contributed by atoms with van der Waals surface area (Å²) < 4.78 is 43.6. The van der Waals surface area contributed by atoms with Crippen LogP contribution >= 0.6 is 0 Å². The largest absolute Gasteiger partial charge is 0.497 e. The standard InChI is InChI=1S/C35H49NO10/c1-8-36-17-32(18-40-3)14-13-23(42-5)35-22-15-33(39)24(43-6)16-34(46-19(2)37,26(29(35)36)27(44-7)28(32)35)25(22)30(33)45-31(38)20-9-11-21(41-4)12-10-20/h9-12,22-30,39H,8,13-18H2,1-7H3/t22?,23-,24-,25?,26?,27?,28?,29?,30?,32-,33-,34+,35-/m0/s1. The minimum absolute atomic E-state index is 0.00534. The van der Waals surface area contributed by atoms with Gasteiger partial charge in [0, 0.05) is 83.0 Å². The summed E-state index contributed by atoms with van der Waals surface area (Å²) >= 11 is 0. The number of esters is 2. The number of benzene rings is 1. The smallest absolute Gasteiger partial charge is 0.338 e. The van der Waals surface area contributed by atoms with E-state index in [9.17, 15) is 14.7 Å². The number of carbonyl (C=O) groups excluding carboxylic acids is 2. The molecule has 1 aromatic rings. The van der Waals surface area contributed by atoms with Crippen molar-refractivity contribution < 1.29 is 47.9 Å². The average molecular weight is 644 g/mol. The summed E-state index contributed by atoms with van der Waals surface area (Å²) in [6, 6.07) is 6.66. The van der Waals surface area contributed by atoms with Gasteiger partial charge >= 0.3 is 11.9 Å². The lowest BCUT2D eigenvalue weighted by Crippen LogP contribution is -2.77. The van der Waals surface area contributed by atoms with E-state index in [0.29, 0.717) is 24.3 Å². The Balaban J connectivity index is 1.46. The van der Waals surface area contributed by atoms with Crippen LogP contribution in [0.25, 0.3) is 0 Å². The number of nitrogens with zero attached hydrogens (tertiary/aromatic N) is 1. The highest BCUT2D eigenvalue weighted by atomic mass is 16.6. The fourth-order valence-corrected chi connectivity index (χ4v) is 12.4. The predicted octanol–water partition coefficient (Wildman–Crippen LogP) is 2.72. The van der Waals surface area contributed by atoms with Crippen LogP contribution in [-0.2, 0) is 33.2 Å². The molecule has 46 heavy (non-hydrogen) atoms. The zero-order valence-corrected chi connectivity index (χ0v) is 28.0. The third-order valence-corrected chi connectivity index (χ3v) is 13.3. The van der Waals surface area contributed by atoms with Crippen LogP contribution in [0.4, 0.5) is 0 Å². The number of rotatable bonds is 10. The van der Waals surface area contributed by atoms with E-state index in [2.05, 4.69) is 11.8 Å². The molecule has 0 amide bonds. The molecule has 1 heterocycles. The summed E-state index contributed by atoms with van der Waals surface area (Å²) in [6.45, 7) is 5.80. The number of ether oxygens (including phenoxy) is 7. The molecule has 11 heteroatoms. The second kappa shape index (κ2) is 11.1. The lowest BCUT2D eigenvalue weighted by atomic mass is 9.43. The van der Waals surface area contributed by atoms with E-state index in [1.165, 1.54) is 6.92 Å². The van der Waals surface area contributed by atoms with Gasteiger partial charge in [-0.15, -0.1) is 0 Å². The van der Waals surface area contributed by atoms with Crippen molar-refractivity contribution in [2.75, 3.05) is 55.2 Å². The van der Waals surface area contributed by atoms with Crippen LogP contribution in [-0.4, -0.2) is 119 Å². The lowest BCUT2D eigenvalue weighted by molar-refractivity contribution is -0.287. The summed E-state index contributed by atoms with van der Waals surface area (Å²) in [5, 5.41) is 12.8. The Labute approximate surface area is 271 Å². The van der Waals surface area contributed by atoms with Crippen molar-refractivity contribution in [1.29, 1.82) is 0 Å². The zero-order chi connectivity index (χ0) is 32.8. The highest BCUT2D eigenvalue weighted by Gasteiger charge is 2.89. The van der Waals surface area contributed by atoms with Crippen LogP contribution in [0.15, 0.2) is 24.3 Å². The Kier molecular flexibility index (Phi) is 7.81. The molecule has 5 aliphatic carbocycles. The second-order valence-electron chi connectivity index (χ2n) is 14.6. The number of carbonyl (C=O) groups is 2. The molecule has 1 spiro atoms. The number of hydrogen-bond acceptors (Lipinski definition) is 11. The van der Waals surface area contributed by atoms with Gasteiger partial charge in [0.1, 0.15) is 23.1 Å². The molecule has 1 N–H and O–H groups in total. The van der Waals surface area contributed by atoms with Crippen molar-refractivity contribution in [1.82, 2.24) is 4.90 Å². The third-order valence-electron chi connectivity index (χ3n) is 13.3. The summed E-state index contributed by atoms with van der Waals surface area (Å²) in [5.41, 5.74) is -3.03. The molecule has 1 aliphatic heterocycles. The Morgan fingerprint density at radius 1 is 0.978 bits per heavy atom. The van der Waals surface area contributed by atoms with Gasteiger partial charge < -0.3 is 38.3 Å². The Bertz CT molecular complexity index is 1360. The molecule has 11 nitrogen and oxygen atoms in total. The van der Waals surface area contributed by atoms with Gasteiger partial charge in [0.25, 0.3) is 0 Å². The molecule has 0 aromatic heterocycles. The number of likely N-dealkylation sites (tertiary alicyclic amines) is 1. The molecule has 1 aromatic carbocycles. The normalized spacial score (nSPS) is 46.6. The van der Waals surface area contributed by atoms with E-state index in [1.54, 1.807) is 59.8 Å². The van der Waals surface area contributed by atoms with E-state index in [-0.39, 0.29) is 47.8 Å². The first kappa shape index (κ1) is 32.3. The summed E-state index contributed by atoms with van der Waals surface area (Å²) in [7, 11) is 8.44. The van der Waals surface area contributed by atoms with Gasteiger partial charge in [0.15, 0.2) is 0 Å². The molecule has 13 atom stereocenters. The van der Waals surface area contributed by atoms with Gasteiger partial charge in [0.2, 0.25) is 0 Å². The van der Waals surface area contributed by atoms with Gasteiger partial charge in [-0.25, -0.2) is 4.79 Å². The lowest BCUT2D eigenvalue weighted by Gasteiger charge is -2.69. The minimum Gasteiger partial charge on any atom is -0.497 e. The molecule has 254 valence electrons. The van der Waals surface area contributed by atoms with Crippen LogP contribution in [0.2, 0.25) is 0 Å². The number of piperidine rings is 1. The van der Waals surface area contributed by atoms with E-state index >= 15 is 0 Å². The molecule has 0 radical (unpaired) electrons. The van der Waals surface area contributed by atoms with Gasteiger partial charge in [-0.1, -0.05) is 6.92 Å². The van der Waals surface area contributed by atoms with E-state index in [1.807, 2.05) is 0 Å². The van der Waals surface area contributed by atoms with Gasteiger partial charge in [-0.3, -0.25) is 9.69 Å². The van der Waals surface area contributed by atoms with Gasteiger partial charge in [-0.2, -0.15) is 0 Å². The summed E-state index contributed by atoms with van der Waals surface area (Å²) in [5.74, 6) is -1.38. The average Bonchev–Trinajstić information content (AvgIpc) is 3.42. The number of methoxy groups -OCH3 is 5. The Morgan fingerprint density at radius 3 is 2.28 bits per heavy atom. The quantitative estimate of drug-likeness (QED) is 0.379. The van der Waals surface area contributed by atoms with Gasteiger partial charge in [-0.05, 0) is 56.0 Å². The van der Waals surface area contributed by atoms with E-state index in [4.69, 9.17) is 33.2 Å². The van der Waals surface area contributed by atoms with Crippen LogP contribution in [0.5, 0.6) is 5.75 Å². The predicted molar refractivity (Wildman–Crippen MR) is 164 cm³/mol. The fourth-order valence-electron chi connectivity index (χ4n) is 12.4. The molecule has 7 unspecified atom stereocenters. The van der Waals surface area contributed by atoms with E-state index < -0.39 is 46.7 Å². The maximum absolute atomic E-state index is 13.9. The second-order valence-corrected chi connectivity index (χ2v) is 14.6. The molecular weight excluding hydrogens is 594 g/mol. The summed E-state index contributed by atoms with van der Waals surface area (Å²) in [6.07, 6.45) is 0.142. The van der Waals surface area contributed by atoms with Crippen molar-refractivity contribution in [3.05, 3.63) is 29.8 Å². The minimum atomic E-state index is -1.51. The highest BCUT2D eigenvalue weighted by Crippen LogP contribution is 2.80. The van der Waals surface area contributed by atoms with E-state index in [0.717, 1.165) is 25.9 Å². The first-order valence-electron chi connectivity index (χ1n) is 16.6. The van der Waals surface area contributed by atoms with Crippen molar-refractivity contribution in [3.63, 3.8) is 0 Å². The molecule has 6 aliphatic rings. The molecule has 1 saturated heterocycles.